The maximum atomic E-state index is 11.8. The van der Waals surface area contributed by atoms with E-state index in [1.165, 1.54) is 0 Å². The number of nitrogens with zero attached hydrogens (tertiary/aromatic N) is 1. The summed E-state index contributed by atoms with van der Waals surface area (Å²) in [6, 6.07) is 5.87. The van der Waals surface area contributed by atoms with Crippen LogP contribution in [0.1, 0.15) is 24.4 Å². The number of halogens is 1. The summed E-state index contributed by atoms with van der Waals surface area (Å²) in [6.45, 7) is 0.768. The molecule has 4 nitrogen and oxygen atoms in total. The van der Waals surface area contributed by atoms with Crippen LogP contribution in [0.25, 0.3) is 0 Å². The molecule has 5 heteroatoms. The SMILES string of the molecule is COc1ccc(C2CCCN2C(=O)CCl)cc1OC. The van der Waals surface area contributed by atoms with E-state index in [1.807, 2.05) is 23.1 Å². The van der Waals surface area contributed by atoms with Crippen LogP contribution in [-0.2, 0) is 4.79 Å². The molecule has 0 aliphatic carbocycles. The van der Waals surface area contributed by atoms with Gasteiger partial charge in [0.1, 0.15) is 5.88 Å². The van der Waals surface area contributed by atoms with Crippen LogP contribution in [0.2, 0.25) is 0 Å². The van der Waals surface area contributed by atoms with Crippen LogP contribution in [0, 0.1) is 0 Å². The molecule has 1 atom stereocenters. The van der Waals surface area contributed by atoms with Gasteiger partial charge in [-0.2, -0.15) is 0 Å². The Morgan fingerprint density at radius 3 is 2.74 bits per heavy atom. The topological polar surface area (TPSA) is 38.8 Å². The lowest BCUT2D eigenvalue weighted by Crippen LogP contribution is -2.31. The van der Waals surface area contributed by atoms with Crippen molar-refractivity contribution in [3.05, 3.63) is 23.8 Å². The first-order chi connectivity index (χ1) is 9.21. The van der Waals surface area contributed by atoms with Crippen molar-refractivity contribution in [2.75, 3.05) is 26.6 Å². The molecule has 1 saturated heterocycles. The van der Waals surface area contributed by atoms with E-state index in [0.717, 1.165) is 24.9 Å². The highest BCUT2D eigenvalue weighted by Gasteiger charge is 2.29. The van der Waals surface area contributed by atoms with Gasteiger partial charge >= 0.3 is 0 Å². The van der Waals surface area contributed by atoms with Gasteiger partial charge in [0.2, 0.25) is 5.91 Å². The van der Waals surface area contributed by atoms with E-state index < -0.39 is 0 Å². The van der Waals surface area contributed by atoms with Crippen LogP contribution in [0.3, 0.4) is 0 Å². The van der Waals surface area contributed by atoms with Gasteiger partial charge in [-0.3, -0.25) is 4.79 Å². The highest BCUT2D eigenvalue weighted by atomic mass is 35.5. The number of ether oxygens (including phenoxy) is 2. The zero-order chi connectivity index (χ0) is 13.8. The van der Waals surface area contributed by atoms with Crippen molar-refractivity contribution in [3.8, 4) is 11.5 Å². The number of hydrogen-bond acceptors (Lipinski definition) is 3. The first-order valence-electron chi connectivity index (χ1n) is 6.28. The fraction of sp³-hybridized carbons (Fsp3) is 0.500. The van der Waals surface area contributed by atoms with Gasteiger partial charge in [0, 0.05) is 6.54 Å². The highest BCUT2D eigenvalue weighted by molar-refractivity contribution is 6.27. The van der Waals surface area contributed by atoms with Crippen LogP contribution in [0.15, 0.2) is 18.2 Å². The average Bonchev–Trinajstić information content (AvgIpc) is 2.95. The minimum atomic E-state index is -0.0149. The Labute approximate surface area is 118 Å². The fourth-order valence-corrected chi connectivity index (χ4v) is 2.70. The third kappa shape index (κ3) is 2.78. The van der Waals surface area contributed by atoms with Crippen LogP contribution in [0.4, 0.5) is 0 Å². The zero-order valence-electron chi connectivity index (χ0n) is 11.2. The number of carbonyl (C=O) groups excluding carboxylic acids is 1. The Morgan fingerprint density at radius 2 is 2.11 bits per heavy atom. The molecule has 1 aliphatic rings. The maximum Gasteiger partial charge on any atom is 0.238 e. The lowest BCUT2D eigenvalue weighted by molar-refractivity contribution is -0.129. The second-order valence-corrected chi connectivity index (χ2v) is 4.76. The molecule has 1 heterocycles. The summed E-state index contributed by atoms with van der Waals surface area (Å²) in [7, 11) is 3.22. The van der Waals surface area contributed by atoms with Crippen LogP contribution in [0.5, 0.6) is 11.5 Å². The minimum Gasteiger partial charge on any atom is -0.493 e. The molecule has 0 N–H and O–H groups in total. The second kappa shape index (κ2) is 6.15. The van der Waals surface area contributed by atoms with Crippen LogP contribution < -0.4 is 9.47 Å². The standard InChI is InChI=1S/C14H18ClNO3/c1-18-12-6-5-10(8-13(12)19-2)11-4-3-7-16(11)14(17)9-15/h5-6,8,11H,3-4,7,9H2,1-2H3. The molecule has 0 radical (unpaired) electrons. The number of carbonyl (C=O) groups is 1. The Morgan fingerprint density at radius 1 is 1.37 bits per heavy atom. The predicted octanol–water partition coefficient (Wildman–Crippen LogP) is 2.61. The Bertz CT molecular complexity index is 464. The number of rotatable bonds is 4. The average molecular weight is 284 g/mol. The summed E-state index contributed by atoms with van der Waals surface area (Å²) in [5.41, 5.74) is 1.06. The number of benzene rings is 1. The van der Waals surface area contributed by atoms with E-state index in [-0.39, 0.29) is 17.8 Å². The summed E-state index contributed by atoms with van der Waals surface area (Å²) in [4.78, 5) is 13.7. The van der Waals surface area contributed by atoms with E-state index >= 15 is 0 Å². The molecule has 1 aromatic rings. The summed E-state index contributed by atoms with van der Waals surface area (Å²) < 4.78 is 10.5. The molecule has 104 valence electrons. The zero-order valence-corrected chi connectivity index (χ0v) is 11.9. The molecule has 1 fully saturated rings. The molecule has 1 aliphatic heterocycles. The summed E-state index contributed by atoms with van der Waals surface area (Å²) >= 11 is 5.66. The molecule has 0 saturated carbocycles. The van der Waals surface area contributed by atoms with Gasteiger partial charge in [-0.05, 0) is 30.5 Å². The largest absolute Gasteiger partial charge is 0.493 e. The van der Waals surface area contributed by atoms with Crippen molar-refractivity contribution >= 4 is 17.5 Å². The molecule has 1 amide bonds. The molecule has 1 aromatic carbocycles. The first-order valence-corrected chi connectivity index (χ1v) is 6.82. The van der Waals surface area contributed by atoms with E-state index in [2.05, 4.69) is 0 Å². The number of hydrogen-bond donors (Lipinski definition) is 0. The molecular formula is C14H18ClNO3. The first kappa shape index (κ1) is 14.0. The molecule has 19 heavy (non-hydrogen) atoms. The number of alkyl halides is 1. The smallest absolute Gasteiger partial charge is 0.238 e. The lowest BCUT2D eigenvalue weighted by Gasteiger charge is -2.25. The monoisotopic (exact) mass is 283 g/mol. The van der Waals surface area contributed by atoms with Crippen molar-refractivity contribution < 1.29 is 14.3 Å². The lowest BCUT2D eigenvalue weighted by atomic mass is 10.0. The Kier molecular flexibility index (Phi) is 4.53. The summed E-state index contributed by atoms with van der Waals surface area (Å²) in [5, 5.41) is 0. The summed E-state index contributed by atoms with van der Waals surface area (Å²) in [5.74, 6) is 1.40. The predicted molar refractivity (Wildman–Crippen MR) is 74.0 cm³/mol. The molecule has 0 bridgehead atoms. The fourth-order valence-electron chi connectivity index (χ4n) is 2.55. The quantitative estimate of drug-likeness (QED) is 0.798. The van der Waals surface area contributed by atoms with Crippen molar-refractivity contribution in [2.24, 2.45) is 0 Å². The van der Waals surface area contributed by atoms with Crippen LogP contribution >= 0.6 is 11.6 Å². The molecular weight excluding hydrogens is 266 g/mol. The van der Waals surface area contributed by atoms with E-state index in [1.54, 1.807) is 14.2 Å². The second-order valence-electron chi connectivity index (χ2n) is 4.49. The number of methoxy groups -OCH3 is 2. The van der Waals surface area contributed by atoms with Crippen LogP contribution in [-0.4, -0.2) is 37.5 Å². The Hall–Kier alpha value is -1.42. The van der Waals surface area contributed by atoms with Gasteiger partial charge in [0.25, 0.3) is 0 Å². The number of likely N-dealkylation sites (tertiary alicyclic amines) is 1. The van der Waals surface area contributed by atoms with Gasteiger partial charge in [0.05, 0.1) is 20.3 Å². The van der Waals surface area contributed by atoms with Gasteiger partial charge in [0.15, 0.2) is 11.5 Å². The minimum absolute atomic E-state index is 0.0149. The third-order valence-electron chi connectivity index (χ3n) is 3.48. The normalized spacial score (nSPS) is 18.5. The highest BCUT2D eigenvalue weighted by Crippen LogP contribution is 2.36. The van der Waals surface area contributed by atoms with Gasteiger partial charge in [-0.25, -0.2) is 0 Å². The number of amides is 1. The van der Waals surface area contributed by atoms with Gasteiger partial charge in [-0.1, -0.05) is 6.07 Å². The van der Waals surface area contributed by atoms with E-state index in [9.17, 15) is 4.79 Å². The van der Waals surface area contributed by atoms with Crippen molar-refractivity contribution in [1.82, 2.24) is 4.90 Å². The van der Waals surface area contributed by atoms with Crippen molar-refractivity contribution in [2.45, 2.75) is 18.9 Å². The maximum absolute atomic E-state index is 11.8. The van der Waals surface area contributed by atoms with Gasteiger partial charge in [-0.15, -0.1) is 11.6 Å². The van der Waals surface area contributed by atoms with E-state index in [4.69, 9.17) is 21.1 Å². The van der Waals surface area contributed by atoms with Crippen molar-refractivity contribution in [1.29, 1.82) is 0 Å². The molecule has 0 aromatic heterocycles. The Balaban J connectivity index is 2.28. The third-order valence-corrected chi connectivity index (χ3v) is 3.71. The molecule has 2 rings (SSSR count). The van der Waals surface area contributed by atoms with E-state index in [0.29, 0.717) is 11.5 Å². The molecule has 0 spiro atoms. The van der Waals surface area contributed by atoms with Gasteiger partial charge < -0.3 is 14.4 Å². The van der Waals surface area contributed by atoms with Crippen molar-refractivity contribution in [3.63, 3.8) is 0 Å². The molecule has 1 unspecified atom stereocenters. The summed E-state index contributed by atoms with van der Waals surface area (Å²) in [6.07, 6.45) is 1.96.